The Hall–Kier alpha value is -1.09. The Morgan fingerprint density at radius 3 is 2.59 bits per heavy atom. The predicted molar refractivity (Wildman–Crippen MR) is 68.5 cm³/mol. The van der Waals surface area contributed by atoms with Crippen molar-refractivity contribution in [2.24, 2.45) is 0 Å². The molecule has 1 aromatic heterocycles. The van der Waals surface area contributed by atoms with E-state index in [0.717, 1.165) is 12.1 Å². The molecule has 94 valence electrons. The lowest BCUT2D eigenvalue weighted by Crippen LogP contribution is -2.16. The second kappa shape index (κ2) is 5.50. The van der Waals surface area contributed by atoms with Crippen molar-refractivity contribution < 1.29 is 9.53 Å². The summed E-state index contributed by atoms with van der Waals surface area (Å²) in [4.78, 5) is 16.0. The van der Waals surface area contributed by atoms with Gasteiger partial charge in [-0.1, -0.05) is 39.3 Å². The van der Waals surface area contributed by atoms with Crippen LogP contribution < -0.4 is 0 Å². The fourth-order valence-electron chi connectivity index (χ4n) is 1.28. The first-order valence-electron chi connectivity index (χ1n) is 5.69. The molecular formula is C13H18ClNO2. The highest BCUT2D eigenvalue weighted by atomic mass is 35.5. The van der Waals surface area contributed by atoms with E-state index in [1.807, 2.05) is 27.7 Å². The number of carbonyl (C=O) groups is 1. The predicted octanol–water partition coefficient (Wildman–Crippen LogP) is 3.60. The Kier molecular flexibility index (Phi) is 4.52. The Morgan fingerprint density at radius 1 is 1.41 bits per heavy atom. The van der Waals surface area contributed by atoms with Gasteiger partial charge < -0.3 is 4.74 Å². The number of halogens is 1. The molecule has 0 aliphatic heterocycles. The molecule has 17 heavy (non-hydrogen) atoms. The van der Waals surface area contributed by atoms with Gasteiger partial charge in [-0.05, 0) is 18.6 Å². The molecule has 0 radical (unpaired) electrons. The topological polar surface area (TPSA) is 39.2 Å². The van der Waals surface area contributed by atoms with Gasteiger partial charge in [-0.3, -0.25) is 0 Å². The second-order valence-electron chi connectivity index (χ2n) is 4.95. The first-order chi connectivity index (χ1) is 7.84. The molecule has 3 nitrogen and oxygen atoms in total. The van der Waals surface area contributed by atoms with E-state index in [-0.39, 0.29) is 11.4 Å². The van der Waals surface area contributed by atoms with Gasteiger partial charge in [0, 0.05) is 11.1 Å². The monoisotopic (exact) mass is 255 g/mol. The average molecular weight is 256 g/mol. The third kappa shape index (κ3) is 4.00. The summed E-state index contributed by atoms with van der Waals surface area (Å²) in [5.74, 6) is -0.346. The molecule has 0 bridgehead atoms. The Bertz CT molecular complexity index is 410. The molecule has 0 saturated heterocycles. The molecular weight excluding hydrogens is 238 g/mol. The summed E-state index contributed by atoms with van der Waals surface area (Å²) in [5, 5.41) is 0.320. The Balaban J connectivity index is 3.01. The number of hydrogen-bond donors (Lipinski definition) is 0. The third-order valence-corrected chi connectivity index (χ3v) is 2.43. The summed E-state index contributed by atoms with van der Waals surface area (Å²) in [6.07, 6.45) is 0.802. The van der Waals surface area contributed by atoms with E-state index in [1.165, 1.54) is 6.07 Å². The number of esters is 1. The van der Waals surface area contributed by atoms with Crippen molar-refractivity contribution in [3.8, 4) is 0 Å². The minimum atomic E-state index is -0.346. The molecule has 0 N–H and O–H groups in total. The van der Waals surface area contributed by atoms with Crippen LogP contribution in [0.2, 0.25) is 5.15 Å². The molecule has 0 amide bonds. The lowest BCUT2D eigenvalue weighted by atomic mass is 9.91. The highest BCUT2D eigenvalue weighted by Gasteiger charge is 2.19. The summed E-state index contributed by atoms with van der Waals surface area (Å²) < 4.78 is 5.07. The molecule has 1 rings (SSSR count). The minimum absolute atomic E-state index is 0.148. The summed E-state index contributed by atoms with van der Waals surface area (Å²) in [6, 6.07) is 3.28. The van der Waals surface area contributed by atoms with Crippen LogP contribution in [-0.2, 0) is 10.2 Å². The van der Waals surface area contributed by atoms with Crippen LogP contribution in [0.4, 0.5) is 0 Å². The zero-order valence-electron chi connectivity index (χ0n) is 10.7. The number of carbonyl (C=O) groups excluding carboxylic acids is 1. The van der Waals surface area contributed by atoms with Gasteiger partial charge in [-0.2, -0.15) is 0 Å². The molecule has 4 heteroatoms. The van der Waals surface area contributed by atoms with E-state index in [2.05, 4.69) is 4.98 Å². The third-order valence-electron chi connectivity index (χ3n) is 2.24. The number of rotatable bonds is 3. The second-order valence-corrected chi connectivity index (χ2v) is 5.34. The van der Waals surface area contributed by atoms with E-state index in [1.54, 1.807) is 6.07 Å². The molecule has 0 spiro atoms. The Labute approximate surface area is 107 Å². The highest BCUT2D eigenvalue weighted by molar-refractivity contribution is 6.29. The lowest BCUT2D eigenvalue weighted by molar-refractivity contribution is 0.0505. The van der Waals surface area contributed by atoms with Crippen molar-refractivity contribution in [3.05, 3.63) is 28.5 Å². The summed E-state index contributed by atoms with van der Waals surface area (Å²) in [5.41, 5.74) is 1.10. The van der Waals surface area contributed by atoms with Gasteiger partial charge in [0.25, 0.3) is 0 Å². The van der Waals surface area contributed by atoms with Crippen molar-refractivity contribution in [3.63, 3.8) is 0 Å². The smallest absolute Gasteiger partial charge is 0.338 e. The van der Waals surface area contributed by atoms with Crippen molar-refractivity contribution in [1.29, 1.82) is 0 Å². The summed E-state index contributed by atoms with van der Waals surface area (Å²) in [6.45, 7) is 8.43. The fraction of sp³-hybridized carbons (Fsp3) is 0.538. The van der Waals surface area contributed by atoms with E-state index < -0.39 is 0 Å². The molecule has 0 atom stereocenters. The standard InChI is InChI=1S/C13H18ClNO2/c1-5-6-17-12(16)9-7-10(13(2,3)4)15-11(14)8-9/h7-8H,5-6H2,1-4H3. The molecule has 0 aromatic carbocycles. The normalized spacial score (nSPS) is 11.4. The van der Waals surface area contributed by atoms with Crippen LogP contribution in [0.1, 0.15) is 50.2 Å². The van der Waals surface area contributed by atoms with E-state index >= 15 is 0 Å². The first kappa shape index (κ1) is 14.0. The van der Waals surface area contributed by atoms with Crippen LogP contribution in [0.3, 0.4) is 0 Å². The lowest BCUT2D eigenvalue weighted by Gasteiger charge is -2.18. The number of nitrogens with zero attached hydrogens (tertiary/aromatic N) is 1. The van der Waals surface area contributed by atoms with Crippen LogP contribution in [0, 0.1) is 0 Å². The zero-order valence-corrected chi connectivity index (χ0v) is 11.5. The van der Waals surface area contributed by atoms with Crippen LogP contribution >= 0.6 is 11.6 Å². The number of aromatic nitrogens is 1. The fourth-order valence-corrected chi connectivity index (χ4v) is 1.49. The maximum Gasteiger partial charge on any atom is 0.338 e. The van der Waals surface area contributed by atoms with Gasteiger partial charge in [0.05, 0.1) is 12.2 Å². The SMILES string of the molecule is CCCOC(=O)c1cc(Cl)nc(C(C)(C)C)c1. The van der Waals surface area contributed by atoms with E-state index in [0.29, 0.717) is 17.3 Å². The molecule has 0 unspecified atom stereocenters. The Morgan fingerprint density at radius 2 is 2.06 bits per heavy atom. The van der Waals surface area contributed by atoms with Crippen molar-refractivity contribution in [2.75, 3.05) is 6.61 Å². The van der Waals surface area contributed by atoms with Crippen LogP contribution in [0.25, 0.3) is 0 Å². The number of pyridine rings is 1. The molecule has 0 aliphatic rings. The van der Waals surface area contributed by atoms with Crippen molar-refractivity contribution in [2.45, 2.75) is 39.5 Å². The molecule has 0 saturated carbocycles. The highest BCUT2D eigenvalue weighted by Crippen LogP contribution is 2.23. The molecule has 1 aromatic rings. The minimum Gasteiger partial charge on any atom is -0.462 e. The largest absolute Gasteiger partial charge is 0.462 e. The summed E-state index contributed by atoms with van der Waals surface area (Å²) in [7, 11) is 0. The molecule has 0 aliphatic carbocycles. The summed E-state index contributed by atoms with van der Waals surface area (Å²) >= 11 is 5.92. The van der Waals surface area contributed by atoms with Crippen molar-refractivity contribution >= 4 is 17.6 Å². The van der Waals surface area contributed by atoms with Gasteiger partial charge in [0.2, 0.25) is 0 Å². The van der Waals surface area contributed by atoms with Crippen LogP contribution in [0.15, 0.2) is 12.1 Å². The van der Waals surface area contributed by atoms with Crippen molar-refractivity contribution in [1.82, 2.24) is 4.98 Å². The van der Waals surface area contributed by atoms with Crippen LogP contribution in [0.5, 0.6) is 0 Å². The maximum absolute atomic E-state index is 11.7. The maximum atomic E-state index is 11.7. The first-order valence-corrected chi connectivity index (χ1v) is 6.07. The van der Waals surface area contributed by atoms with Gasteiger partial charge in [-0.25, -0.2) is 9.78 Å². The number of hydrogen-bond acceptors (Lipinski definition) is 3. The number of ether oxygens (including phenoxy) is 1. The van der Waals surface area contributed by atoms with Gasteiger partial charge in [0.1, 0.15) is 5.15 Å². The average Bonchev–Trinajstić information content (AvgIpc) is 2.23. The van der Waals surface area contributed by atoms with Crippen LogP contribution in [-0.4, -0.2) is 17.6 Å². The molecule has 1 heterocycles. The van der Waals surface area contributed by atoms with Gasteiger partial charge in [0.15, 0.2) is 0 Å². The van der Waals surface area contributed by atoms with Gasteiger partial charge >= 0.3 is 5.97 Å². The van der Waals surface area contributed by atoms with E-state index in [4.69, 9.17) is 16.3 Å². The quantitative estimate of drug-likeness (QED) is 0.612. The zero-order chi connectivity index (χ0) is 13.1. The molecule has 0 fully saturated rings. The van der Waals surface area contributed by atoms with E-state index in [9.17, 15) is 4.79 Å². The van der Waals surface area contributed by atoms with Gasteiger partial charge in [-0.15, -0.1) is 0 Å².